The molecule has 9 nitrogen and oxygen atoms in total. The lowest BCUT2D eigenvalue weighted by Gasteiger charge is -2.41. The van der Waals surface area contributed by atoms with Crippen LogP contribution in [0.25, 0.3) is 0 Å². The maximum absolute atomic E-state index is 13.6. The highest BCUT2D eigenvalue weighted by Gasteiger charge is 2.46. The summed E-state index contributed by atoms with van der Waals surface area (Å²) in [7, 11) is 1.34. The molecule has 1 aromatic carbocycles. The number of aliphatic hydroxyl groups is 2. The number of amides is 2. The maximum atomic E-state index is 13.6. The number of carbonyl (C=O) groups is 3. The van der Waals surface area contributed by atoms with Crippen molar-refractivity contribution in [3.05, 3.63) is 32.9 Å². The summed E-state index contributed by atoms with van der Waals surface area (Å²) in [5.41, 5.74) is 0.294. The Labute approximate surface area is 231 Å². The predicted octanol–water partition coefficient (Wildman–Crippen LogP) is 2.61. The van der Waals surface area contributed by atoms with E-state index in [9.17, 15) is 32.7 Å². The van der Waals surface area contributed by atoms with Crippen molar-refractivity contribution in [2.75, 3.05) is 26.8 Å². The van der Waals surface area contributed by atoms with Gasteiger partial charge >= 0.3 is 6.18 Å². The Kier molecular flexibility index (Phi) is 10.4. The van der Waals surface area contributed by atoms with Crippen LogP contribution < -0.4 is 14.8 Å². The average Bonchev–Trinajstić information content (AvgIpc) is 3.42. The number of carbonyl (C=O) groups excluding carboxylic acids is 3. The number of alkyl halides is 3. The number of methoxy groups -OCH3 is 1. The molecule has 0 bridgehead atoms. The van der Waals surface area contributed by atoms with Gasteiger partial charge in [0, 0.05) is 30.0 Å². The normalized spacial score (nSPS) is 22.0. The van der Waals surface area contributed by atoms with Crippen LogP contribution in [0.15, 0.2) is 23.8 Å². The largest absolute Gasteiger partial charge is 0.493 e. The van der Waals surface area contributed by atoms with E-state index in [-0.39, 0.29) is 36.6 Å². The zero-order chi connectivity index (χ0) is 28.0. The van der Waals surface area contributed by atoms with Crippen LogP contribution in [-0.2, 0) is 9.59 Å². The molecule has 2 amide bonds. The van der Waals surface area contributed by atoms with E-state index in [2.05, 4.69) is 5.32 Å². The lowest BCUT2D eigenvalue weighted by Crippen LogP contribution is -2.58. The Morgan fingerprint density at radius 3 is 2.53 bits per heavy atom. The van der Waals surface area contributed by atoms with Gasteiger partial charge in [-0.05, 0) is 53.6 Å². The zero-order valence-corrected chi connectivity index (χ0v) is 22.8. The Hall–Kier alpha value is -2.39. The van der Waals surface area contributed by atoms with Gasteiger partial charge in [0.2, 0.25) is 11.8 Å². The molecular formula is C25H30F3IN2O7. The molecule has 0 spiro atoms. The molecule has 0 radical (unpaired) electrons. The first-order valence-electron chi connectivity index (χ1n) is 12.1. The molecule has 3 N–H and O–H groups in total. The predicted molar refractivity (Wildman–Crippen MR) is 138 cm³/mol. The molecule has 1 fully saturated rings. The van der Waals surface area contributed by atoms with Gasteiger partial charge in [0.15, 0.2) is 11.5 Å². The summed E-state index contributed by atoms with van der Waals surface area (Å²) in [5, 5.41) is 22.8. The molecular weight excluding hydrogens is 624 g/mol. The fourth-order valence-electron chi connectivity index (χ4n) is 4.80. The molecule has 2 aliphatic rings. The standard InChI is InChI=1S/C25H30F3IN2O7/c1-37-20-9-14(12-33)8-17(29)22(20)38-19-11-16(23(35)30-6-7-32)10-18(21(19)34)31(13-25(26,27)28)24(36)15-4-2-3-5-15/h8-9,11-12,15,18-19,21,32,34H,2-7,10,13H2,1H3,(H,30,35)/t18-,19+,21+/m1/s1. The number of hydrogen-bond acceptors (Lipinski definition) is 7. The molecule has 210 valence electrons. The molecule has 3 rings (SSSR count). The Morgan fingerprint density at radius 1 is 1.26 bits per heavy atom. The van der Waals surface area contributed by atoms with Crippen molar-refractivity contribution in [1.29, 1.82) is 0 Å². The smallest absolute Gasteiger partial charge is 0.406 e. The van der Waals surface area contributed by atoms with Crippen molar-refractivity contribution in [2.45, 2.75) is 56.5 Å². The number of hydrogen-bond donors (Lipinski definition) is 3. The number of aliphatic hydroxyl groups excluding tert-OH is 2. The minimum absolute atomic E-state index is 0.00336. The minimum atomic E-state index is -4.74. The maximum Gasteiger partial charge on any atom is 0.406 e. The van der Waals surface area contributed by atoms with Crippen molar-refractivity contribution >= 4 is 40.7 Å². The highest BCUT2D eigenvalue weighted by Crippen LogP contribution is 2.38. The van der Waals surface area contributed by atoms with Crippen LogP contribution in [0.3, 0.4) is 0 Å². The summed E-state index contributed by atoms with van der Waals surface area (Å²) < 4.78 is 52.7. The second kappa shape index (κ2) is 13.1. The number of nitrogens with one attached hydrogen (secondary N) is 1. The summed E-state index contributed by atoms with van der Waals surface area (Å²) in [5.74, 6) is -1.73. The van der Waals surface area contributed by atoms with Crippen LogP contribution in [0.1, 0.15) is 42.5 Å². The quantitative estimate of drug-likeness (QED) is 0.262. The van der Waals surface area contributed by atoms with Gasteiger partial charge in [-0.3, -0.25) is 14.4 Å². The summed E-state index contributed by atoms with van der Waals surface area (Å²) in [6, 6.07) is 1.48. The molecule has 0 heterocycles. The molecule has 0 aromatic heterocycles. The van der Waals surface area contributed by atoms with Crippen molar-refractivity contribution in [1.82, 2.24) is 10.2 Å². The van der Waals surface area contributed by atoms with Crippen LogP contribution >= 0.6 is 22.6 Å². The molecule has 0 aliphatic heterocycles. The minimum Gasteiger partial charge on any atom is -0.493 e. The van der Waals surface area contributed by atoms with Crippen molar-refractivity contribution in [3.8, 4) is 11.5 Å². The van der Waals surface area contributed by atoms with Crippen LogP contribution in [0.2, 0.25) is 0 Å². The summed E-state index contributed by atoms with van der Waals surface area (Å²) in [6.07, 6.45) is -3.79. The van der Waals surface area contributed by atoms with Crippen molar-refractivity contribution in [2.24, 2.45) is 5.92 Å². The average molecular weight is 654 g/mol. The number of halogens is 4. The van der Waals surface area contributed by atoms with E-state index in [4.69, 9.17) is 14.6 Å². The van der Waals surface area contributed by atoms with Gasteiger partial charge in [-0.25, -0.2) is 0 Å². The highest BCUT2D eigenvalue weighted by molar-refractivity contribution is 14.1. The topological polar surface area (TPSA) is 125 Å². The Morgan fingerprint density at radius 2 is 1.95 bits per heavy atom. The fourth-order valence-corrected chi connectivity index (χ4v) is 5.55. The second-order valence-corrected chi connectivity index (χ2v) is 10.4. The Bertz CT molecular complexity index is 1060. The van der Waals surface area contributed by atoms with Gasteiger partial charge in [-0.15, -0.1) is 0 Å². The third kappa shape index (κ3) is 7.38. The third-order valence-electron chi connectivity index (χ3n) is 6.59. The van der Waals surface area contributed by atoms with Gasteiger partial charge in [0.05, 0.1) is 23.3 Å². The molecule has 1 aromatic rings. The van der Waals surface area contributed by atoms with Gasteiger partial charge in [-0.2, -0.15) is 13.2 Å². The first kappa shape index (κ1) is 30.2. The number of aldehydes is 1. The highest BCUT2D eigenvalue weighted by atomic mass is 127. The zero-order valence-electron chi connectivity index (χ0n) is 20.7. The van der Waals surface area contributed by atoms with E-state index >= 15 is 0 Å². The number of rotatable bonds is 10. The molecule has 1 saturated carbocycles. The van der Waals surface area contributed by atoms with E-state index in [0.717, 1.165) is 12.8 Å². The molecule has 0 saturated heterocycles. The number of benzene rings is 1. The summed E-state index contributed by atoms with van der Waals surface area (Å²) in [4.78, 5) is 37.9. The lowest BCUT2D eigenvalue weighted by molar-refractivity contribution is -0.175. The number of nitrogens with zero attached hydrogens (tertiary/aromatic N) is 1. The molecule has 38 heavy (non-hydrogen) atoms. The lowest BCUT2D eigenvalue weighted by atomic mass is 9.87. The second-order valence-electron chi connectivity index (χ2n) is 9.23. The monoisotopic (exact) mass is 654 g/mol. The van der Waals surface area contributed by atoms with E-state index in [1.165, 1.54) is 25.3 Å². The van der Waals surface area contributed by atoms with E-state index in [0.29, 0.717) is 33.2 Å². The SMILES string of the molecule is COc1cc(C=O)cc(I)c1O[C@H]1C=C(C(=O)NCCO)C[C@@H](N(CC(F)(F)F)C(=O)C2CCCC2)[C@@H]1O. The number of ether oxygens (including phenoxy) is 2. The van der Waals surface area contributed by atoms with Crippen LogP contribution in [0, 0.1) is 9.49 Å². The van der Waals surface area contributed by atoms with E-state index in [1.54, 1.807) is 0 Å². The summed E-state index contributed by atoms with van der Waals surface area (Å²) in [6.45, 7) is -2.04. The molecule has 3 atom stereocenters. The fraction of sp³-hybridized carbons (Fsp3) is 0.560. The van der Waals surface area contributed by atoms with Crippen LogP contribution in [-0.4, -0.2) is 84.4 Å². The van der Waals surface area contributed by atoms with Gasteiger partial charge < -0.3 is 29.9 Å². The van der Waals surface area contributed by atoms with Crippen molar-refractivity contribution in [3.63, 3.8) is 0 Å². The van der Waals surface area contributed by atoms with Crippen LogP contribution in [0.4, 0.5) is 13.2 Å². The molecule has 2 aliphatic carbocycles. The van der Waals surface area contributed by atoms with Gasteiger partial charge in [0.25, 0.3) is 0 Å². The third-order valence-corrected chi connectivity index (χ3v) is 7.39. The van der Waals surface area contributed by atoms with Gasteiger partial charge in [-0.1, -0.05) is 12.8 Å². The summed E-state index contributed by atoms with van der Waals surface area (Å²) >= 11 is 1.88. The van der Waals surface area contributed by atoms with E-state index < -0.39 is 48.7 Å². The first-order valence-corrected chi connectivity index (χ1v) is 13.2. The molecule has 0 unspecified atom stereocenters. The first-order chi connectivity index (χ1) is 18.0. The van der Waals surface area contributed by atoms with Gasteiger partial charge in [0.1, 0.15) is 25.0 Å². The van der Waals surface area contributed by atoms with Crippen LogP contribution in [0.5, 0.6) is 11.5 Å². The van der Waals surface area contributed by atoms with E-state index in [1.807, 2.05) is 22.6 Å². The van der Waals surface area contributed by atoms with Crippen molar-refractivity contribution < 1.29 is 47.2 Å². The molecule has 13 heteroatoms. The Balaban J connectivity index is 2.03.